The molecule has 148 valence electrons. The summed E-state index contributed by atoms with van der Waals surface area (Å²) in [5, 5.41) is 5.65. The molecule has 0 fully saturated rings. The topological polar surface area (TPSA) is 80.3 Å². The fourth-order valence-electron chi connectivity index (χ4n) is 2.85. The van der Waals surface area contributed by atoms with Crippen molar-refractivity contribution in [2.45, 2.75) is 13.3 Å². The molecule has 0 aliphatic heterocycles. The molecule has 0 spiro atoms. The second-order valence-electron chi connectivity index (χ2n) is 6.57. The molecule has 2 N–H and O–H groups in total. The number of nitrogens with one attached hydrogen (secondary N) is 2. The number of nitrogens with zero attached hydrogens (tertiary/aromatic N) is 1. The highest BCUT2D eigenvalue weighted by molar-refractivity contribution is 6.05. The second-order valence-corrected chi connectivity index (χ2v) is 6.57. The van der Waals surface area contributed by atoms with Crippen molar-refractivity contribution in [2.75, 3.05) is 19.0 Å². The average molecular weight is 389 g/mol. The lowest BCUT2D eigenvalue weighted by atomic mass is 10.1. The Labute approximate surface area is 169 Å². The summed E-state index contributed by atoms with van der Waals surface area (Å²) in [5.41, 5.74) is 3.38. The molecule has 0 unspecified atom stereocenters. The fraction of sp³-hybridized carbons (Fsp3) is 0.174. The van der Waals surface area contributed by atoms with E-state index >= 15 is 0 Å². The van der Waals surface area contributed by atoms with E-state index < -0.39 is 0 Å². The van der Waals surface area contributed by atoms with Crippen LogP contribution in [0.1, 0.15) is 32.0 Å². The number of pyridine rings is 1. The number of rotatable bonds is 7. The van der Waals surface area contributed by atoms with Gasteiger partial charge in [-0.1, -0.05) is 35.9 Å². The van der Waals surface area contributed by atoms with Gasteiger partial charge in [-0.25, -0.2) is 0 Å². The van der Waals surface area contributed by atoms with Gasteiger partial charge in [-0.3, -0.25) is 14.6 Å². The van der Waals surface area contributed by atoms with E-state index in [0.717, 1.165) is 16.9 Å². The third-order valence-electron chi connectivity index (χ3n) is 4.44. The molecule has 0 radical (unpaired) electrons. The molecule has 1 heterocycles. The molecule has 0 aliphatic carbocycles. The Balaban J connectivity index is 1.60. The van der Waals surface area contributed by atoms with Crippen LogP contribution in [0.5, 0.6) is 5.75 Å². The fourth-order valence-corrected chi connectivity index (χ4v) is 2.85. The largest absolute Gasteiger partial charge is 0.496 e. The van der Waals surface area contributed by atoms with Gasteiger partial charge in [0.2, 0.25) is 0 Å². The summed E-state index contributed by atoms with van der Waals surface area (Å²) in [4.78, 5) is 29.0. The normalized spacial score (nSPS) is 10.3. The number of carbonyl (C=O) groups is 2. The maximum atomic E-state index is 12.5. The number of para-hydroxylation sites is 1. The van der Waals surface area contributed by atoms with Crippen LogP contribution >= 0.6 is 0 Å². The molecule has 6 nitrogen and oxygen atoms in total. The van der Waals surface area contributed by atoms with Gasteiger partial charge in [0.25, 0.3) is 11.8 Å². The van der Waals surface area contributed by atoms with E-state index in [-0.39, 0.29) is 17.5 Å². The first-order valence-corrected chi connectivity index (χ1v) is 9.31. The summed E-state index contributed by atoms with van der Waals surface area (Å²) in [6, 6.07) is 18.2. The van der Waals surface area contributed by atoms with Crippen molar-refractivity contribution in [1.82, 2.24) is 10.3 Å². The molecule has 3 rings (SSSR count). The van der Waals surface area contributed by atoms with Gasteiger partial charge in [0.1, 0.15) is 11.4 Å². The summed E-state index contributed by atoms with van der Waals surface area (Å²) in [7, 11) is 1.62. The summed E-state index contributed by atoms with van der Waals surface area (Å²) >= 11 is 0. The molecule has 29 heavy (non-hydrogen) atoms. The van der Waals surface area contributed by atoms with Crippen molar-refractivity contribution >= 4 is 17.5 Å². The highest BCUT2D eigenvalue weighted by atomic mass is 16.5. The van der Waals surface area contributed by atoms with E-state index in [0.29, 0.717) is 24.2 Å². The third kappa shape index (κ3) is 5.42. The van der Waals surface area contributed by atoms with Gasteiger partial charge >= 0.3 is 0 Å². The van der Waals surface area contributed by atoms with Crippen LogP contribution < -0.4 is 15.4 Å². The van der Waals surface area contributed by atoms with Gasteiger partial charge in [0.15, 0.2) is 0 Å². The Morgan fingerprint density at radius 2 is 1.76 bits per heavy atom. The minimum absolute atomic E-state index is 0.196. The molecular formula is C23H23N3O3. The van der Waals surface area contributed by atoms with E-state index in [9.17, 15) is 9.59 Å². The first kappa shape index (κ1) is 20.1. The van der Waals surface area contributed by atoms with Crippen LogP contribution in [0.15, 0.2) is 66.9 Å². The molecule has 2 amide bonds. The predicted molar refractivity (Wildman–Crippen MR) is 112 cm³/mol. The highest BCUT2D eigenvalue weighted by Crippen LogP contribution is 2.17. The molecule has 0 bridgehead atoms. The molecule has 0 saturated heterocycles. The Kier molecular flexibility index (Phi) is 6.58. The number of hydrogen-bond acceptors (Lipinski definition) is 4. The van der Waals surface area contributed by atoms with Gasteiger partial charge in [0, 0.05) is 24.0 Å². The van der Waals surface area contributed by atoms with Gasteiger partial charge in [-0.05, 0) is 49.2 Å². The van der Waals surface area contributed by atoms with Gasteiger partial charge in [0.05, 0.1) is 7.11 Å². The number of ether oxygens (including phenoxy) is 1. The predicted octanol–water partition coefficient (Wildman–Crippen LogP) is 3.62. The zero-order valence-electron chi connectivity index (χ0n) is 16.4. The van der Waals surface area contributed by atoms with Crippen LogP contribution in [-0.4, -0.2) is 30.5 Å². The Morgan fingerprint density at radius 1 is 1.00 bits per heavy atom. The van der Waals surface area contributed by atoms with Gasteiger partial charge in [-0.2, -0.15) is 0 Å². The van der Waals surface area contributed by atoms with Crippen molar-refractivity contribution in [3.63, 3.8) is 0 Å². The summed E-state index contributed by atoms with van der Waals surface area (Å²) in [6.45, 7) is 2.41. The van der Waals surface area contributed by atoms with Crippen LogP contribution in [0, 0.1) is 6.92 Å². The lowest BCUT2D eigenvalue weighted by Crippen LogP contribution is -2.27. The van der Waals surface area contributed by atoms with Crippen LogP contribution in [0.3, 0.4) is 0 Å². The Bertz CT molecular complexity index is 1000. The van der Waals surface area contributed by atoms with Crippen molar-refractivity contribution < 1.29 is 14.3 Å². The quantitative estimate of drug-likeness (QED) is 0.647. The number of anilines is 1. The first-order chi connectivity index (χ1) is 14.1. The number of aryl methyl sites for hydroxylation is 1. The molecule has 2 aromatic carbocycles. The number of carbonyl (C=O) groups excluding carboxylic acids is 2. The highest BCUT2D eigenvalue weighted by Gasteiger charge is 2.12. The van der Waals surface area contributed by atoms with E-state index in [2.05, 4.69) is 15.6 Å². The maximum absolute atomic E-state index is 12.5. The lowest BCUT2D eigenvalue weighted by molar-refractivity contribution is 0.0949. The van der Waals surface area contributed by atoms with E-state index in [1.54, 1.807) is 13.2 Å². The monoisotopic (exact) mass is 389 g/mol. The zero-order valence-corrected chi connectivity index (χ0v) is 16.4. The second kappa shape index (κ2) is 9.50. The number of amides is 2. The van der Waals surface area contributed by atoms with Gasteiger partial charge in [-0.15, -0.1) is 0 Å². The van der Waals surface area contributed by atoms with Crippen LogP contribution in [0.4, 0.5) is 5.69 Å². The number of benzene rings is 2. The van der Waals surface area contributed by atoms with Crippen molar-refractivity contribution in [3.8, 4) is 5.75 Å². The molecule has 1 aromatic heterocycles. The third-order valence-corrected chi connectivity index (χ3v) is 4.44. The number of methoxy groups -OCH3 is 1. The van der Waals surface area contributed by atoms with Crippen LogP contribution in [0.2, 0.25) is 0 Å². The molecular weight excluding hydrogens is 366 g/mol. The molecule has 0 aliphatic rings. The Morgan fingerprint density at radius 3 is 2.52 bits per heavy atom. The molecule has 6 heteroatoms. The number of hydrogen-bond donors (Lipinski definition) is 2. The Hall–Kier alpha value is -3.67. The van der Waals surface area contributed by atoms with Crippen LogP contribution in [0.25, 0.3) is 0 Å². The minimum atomic E-state index is -0.329. The average Bonchev–Trinajstić information content (AvgIpc) is 2.75. The summed E-state index contributed by atoms with van der Waals surface area (Å²) in [5.74, 6) is 0.166. The molecule has 3 aromatic rings. The number of aromatic nitrogens is 1. The summed E-state index contributed by atoms with van der Waals surface area (Å²) in [6.07, 6.45) is 2.09. The molecule has 0 saturated carbocycles. The SMILES string of the molecule is COc1ccccc1CCNC(=O)c1cc(C(=O)Nc2ccc(C)cc2)ccn1. The van der Waals surface area contributed by atoms with E-state index in [1.807, 2.05) is 55.5 Å². The van der Waals surface area contributed by atoms with Gasteiger partial charge < -0.3 is 15.4 Å². The lowest BCUT2D eigenvalue weighted by Gasteiger charge is -2.09. The van der Waals surface area contributed by atoms with Crippen molar-refractivity contribution in [2.24, 2.45) is 0 Å². The summed E-state index contributed by atoms with van der Waals surface area (Å²) < 4.78 is 5.32. The standard InChI is InChI=1S/C23H23N3O3/c1-16-7-9-19(10-8-16)26-22(27)18-12-13-24-20(15-18)23(28)25-14-11-17-5-3-4-6-21(17)29-2/h3-10,12-13,15H,11,14H2,1-2H3,(H,25,28)(H,26,27). The van der Waals surface area contributed by atoms with Crippen LogP contribution in [-0.2, 0) is 6.42 Å². The van der Waals surface area contributed by atoms with E-state index in [1.165, 1.54) is 12.3 Å². The zero-order chi connectivity index (χ0) is 20.6. The van der Waals surface area contributed by atoms with Crippen molar-refractivity contribution in [1.29, 1.82) is 0 Å². The minimum Gasteiger partial charge on any atom is -0.496 e. The van der Waals surface area contributed by atoms with E-state index in [4.69, 9.17) is 4.74 Å². The first-order valence-electron chi connectivity index (χ1n) is 9.31. The smallest absolute Gasteiger partial charge is 0.269 e. The van der Waals surface area contributed by atoms with Crippen molar-refractivity contribution in [3.05, 3.63) is 89.2 Å². The maximum Gasteiger partial charge on any atom is 0.269 e. The molecule has 0 atom stereocenters.